The van der Waals surface area contributed by atoms with Crippen LogP contribution < -0.4 is 0 Å². The van der Waals surface area contributed by atoms with Gasteiger partial charge in [-0.15, -0.1) is 0 Å². The average Bonchev–Trinajstić information content (AvgIpc) is 2.43. The van der Waals surface area contributed by atoms with Crippen molar-refractivity contribution in [2.45, 2.75) is 32.6 Å². The van der Waals surface area contributed by atoms with E-state index in [1.165, 1.54) is 12.8 Å². The fraction of sp³-hybridized carbons (Fsp3) is 0.889. The Kier molecular flexibility index (Phi) is 1.33. The summed E-state index contributed by atoms with van der Waals surface area (Å²) in [7, 11) is 0. The average molecular weight is 138 g/mol. The van der Waals surface area contributed by atoms with E-state index in [4.69, 9.17) is 0 Å². The van der Waals surface area contributed by atoms with Crippen molar-refractivity contribution < 1.29 is 4.79 Å². The zero-order chi connectivity index (χ0) is 7.14. The molecule has 2 rings (SSSR count). The molecule has 2 fully saturated rings. The molecule has 0 aromatic rings. The zero-order valence-corrected chi connectivity index (χ0v) is 6.47. The lowest BCUT2D eigenvalue weighted by Gasteiger charge is -1.97. The highest BCUT2D eigenvalue weighted by Crippen LogP contribution is 2.57. The lowest BCUT2D eigenvalue weighted by Crippen LogP contribution is -1.97. The minimum atomic E-state index is 0.516. The number of rotatable bonds is 2. The molecule has 1 heteroatoms. The molecule has 0 aliphatic heterocycles. The fourth-order valence-electron chi connectivity index (χ4n) is 2.50. The van der Waals surface area contributed by atoms with Gasteiger partial charge in [-0.1, -0.05) is 19.8 Å². The molecule has 2 saturated carbocycles. The van der Waals surface area contributed by atoms with Gasteiger partial charge in [0, 0.05) is 12.8 Å². The predicted octanol–water partition coefficient (Wildman–Crippen LogP) is 2.01. The monoisotopic (exact) mass is 138 g/mol. The molecule has 1 nitrogen and oxygen atoms in total. The Hall–Kier alpha value is -0.330. The summed E-state index contributed by atoms with van der Waals surface area (Å²) in [6.45, 7) is 2.23. The molecule has 0 unspecified atom stereocenters. The van der Waals surface area contributed by atoms with E-state index in [1.807, 2.05) is 0 Å². The van der Waals surface area contributed by atoms with Crippen LogP contribution in [0.25, 0.3) is 0 Å². The SMILES string of the molecule is CCC[C@@H]1[C@H]2CC(=O)C[C@@H]12. The van der Waals surface area contributed by atoms with Gasteiger partial charge in [0.05, 0.1) is 0 Å². The van der Waals surface area contributed by atoms with Gasteiger partial charge in [-0.3, -0.25) is 4.79 Å². The zero-order valence-electron chi connectivity index (χ0n) is 6.47. The quantitative estimate of drug-likeness (QED) is 0.570. The Bertz CT molecular complexity index is 148. The lowest BCUT2D eigenvalue weighted by molar-refractivity contribution is -0.118. The lowest BCUT2D eigenvalue weighted by atomic mass is 10.1. The van der Waals surface area contributed by atoms with Crippen LogP contribution in [0.1, 0.15) is 32.6 Å². The molecule has 0 saturated heterocycles. The van der Waals surface area contributed by atoms with Gasteiger partial charge in [-0.25, -0.2) is 0 Å². The number of hydrogen-bond donors (Lipinski definition) is 0. The summed E-state index contributed by atoms with van der Waals surface area (Å²) in [5.41, 5.74) is 0. The van der Waals surface area contributed by atoms with Gasteiger partial charge in [-0.05, 0) is 17.8 Å². The van der Waals surface area contributed by atoms with Crippen LogP contribution in [-0.4, -0.2) is 5.78 Å². The van der Waals surface area contributed by atoms with Crippen LogP contribution in [0.4, 0.5) is 0 Å². The smallest absolute Gasteiger partial charge is 0.133 e. The summed E-state index contributed by atoms with van der Waals surface area (Å²) in [6, 6.07) is 0. The fourth-order valence-corrected chi connectivity index (χ4v) is 2.50. The van der Waals surface area contributed by atoms with Crippen molar-refractivity contribution in [2.24, 2.45) is 17.8 Å². The van der Waals surface area contributed by atoms with Gasteiger partial charge in [0.1, 0.15) is 5.78 Å². The van der Waals surface area contributed by atoms with Crippen LogP contribution in [0.5, 0.6) is 0 Å². The molecule has 10 heavy (non-hydrogen) atoms. The van der Waals surface area contributed by atoms with Crippen LogP contribution in [-0.2, 0) is 4.79 Å². The summed E-state index contributed by atoms with van der Waals surface area (Å²) in [6.07, 6.45) is 4.49. The maximum atomic E-state index is 10.8. The van der Waals surface area contributed by atoms with Crippen LogP contribution in [0.15, 0.2) is 0 Å². The molecule has 2 aliphatic carbocycles. The molecule has 0 radical (unpaired) electrons. The molecule has 2 aliphatic rings. The van der Waals surface area contributed by atoms with Gasteiger partial charge >= 0.3 is 0 Å². The largest absolute Gasteiger partial charge is 0.300 e. The Morgan fingerprint density at radius 2 is 2.00 bits per heavy atom. The Labute approximate surface area is 61.8 Å². The second kappa shape index (κ2) is 2.08. The molecule has 0 aromatic carbocycles. The van der Waals surface area contributed by atoms with Crippen LogP contribution >= 0.6 is 0 Å². The molecule has 0 spiro atoms. The summed E-state index contributed by atoms with van der Waals surface area (Å²) >= 11 is 0. The van der Waals surface area contributed by atoms with Gasteiger partial charge in [0.2, 0.25) is 0 Å². The molecule has 0 bridgehead atoms. The van der Waals surface area contributed by atoms with Gasteiger partial charge in [0.25, 0.3) is 0 Å². The number of ketones is 1. The van der Waals surface area contributed by atoms with Crippen molar-refractivity contribution in [2.75, 3.05) is 0 Å². The van der Waals surface area contributed by atoms with Gasteiger partial charge in [-0.2, -0.15) is 0 Å². The predicted molar refractivity (Wildman–Crippen MR) is 39.6 cm³/mol. The standard InChI is InChI=1S/C9H14O/c1-2-3-7-8-4-6(10)5-9(7)8/h7-9H,2-5H2,1H3/t7-,8-,9+. The second-order valence-electron chi connectivity index (χ2n) is 3.73. The van der Waals surface area contributed by atoms with E-state index in [0.29, 0.717) is 5.78 Å². The Morgan fingerprint density at radius 1 is 1.40 bits per heavy atom. The molecule has 56 valence electrons. The van der Waals surface area contributed by atoms with Crippen molar-refractivity contribution in [1.29, 1.82) is 0 Å². The first-order chi connectivity index (χ1) is 4.83. The third-order valence-corrected chi connectivity index (χ3v) is 3.06. The summed E-state index contributed by atoms with van der Waals surface area (Å²) in [4.78, 5) is 10.8. The first kappa shape index (κ1) is 6.38. The molecule has 0 N–H and O–H groups in total. The first-order valence-electron chi connectivity index (χ1n) is 4.34. The molecular formula is C9H14O. The molecule has 3 atom stereocenters. The maximum Gasteiger partial charge on any atom is 0.133 e. The number of fused-ring (bicyclic) bond motifs is 1. The molecule has 0 amide bonds. The number of Topliss-reactive ketones (excluding diaryl/α,β-unsaturated/α-hetero) is 1. The topological polar surface area (TPSA) is 17.1 Å². The third kappa shape index (κ3) is 0.799. The van der Waals surface area contributed by atoms with E-state index >= 15 is 0 Å². The van der Waals surface area contributed by atoms with E-state index in [0.717, 1.165) is 30.6 Å². The van der Waals surface area contributed by atoms with Crippen LogP contribution in [0.2, 0.25) is 0 Å². The van der Waals surface area contributed by atoms with Crippen molar-refractivity contribution in [3.63, 3.8) is 0 Å². The van der Waals surface area contributed by atoms with Gasteiger partial charge in [0.15, 0.2) is 0 Å². The van der Waals surface area contributed by atoms with Crippen molar-refractivity contribution in [3.8, 4) is 0 Å². The summed E-state index contributed by atoms with van der Waals surface area (Å²) < 4.78 is 0. The Balaban J connectivity index is 1.86. The first-order valence-corrected chi connectivity index (χ1v) is 4.34. The molecular weight excluding hydrogens is 124 g/mol. The van der Waals surface area contributed by atoms with E-state index in [2.05, 4.69) is 6.92 Å². The summed E-state index contributed by atoms with van der Waals surface area (Å²) in [5, 5.41) is 0. The van der Waals surface area contributed by atoms with Gasteiger partial charge < -0.3 is 0 Å². The molecule has 0 heterocycles. The van der Waals surface area contributed by atoms with E-state index < -0.39 is 0 Å². The number of carbonyl (C=O) groups is 1. The molecule has 0 aromatic heterocycles. The summed E-state index contributed by atoms with van der Waals surface area (Å²) in [5.74, 6) is 3.12. The highest BCUT2D eigenvalue weighted by Gasteiger charge is 2.54. The van der Waals surface area contributed by atoms with E-state index in [1.54, 1.807) is 0 Å². The number of carbonyl (C=O) groups excluding carboxylic acids is 1. The van der Waals surface area contributed by atoms with Crippen LogP contribution in [0.3, 0.4) is 0 Å². The van der Waals surface area contributed by atoms with E-state index in [9.17, 15) is 4.79 Å². The third-order valence-electron chi connectivity index (χ3n) is 3.06. The Morgan fingerprint density at radius 3 is 2.50 bits per heavy atom. The second-order valence-corrected chi connectivity index (χ2v) is 3.73. The van der Waals surface area contributed by atoms with Crippen LogP contribution in [0, 0.1) is 17.8 Å². The minimum absolute atomic E-state index is 0.516. The normalized spacial score (nSPS) is 43.7. The minimum Gasteiger partial charge on any atom is -0.300 e. The van der Waals surface area contributed by atoms with Crippen molar-refractivity contribution in [3.05, 3.63) is 0 Å². The van der Waals surface area contributed by atoms with Crippen molar-refractivity contribution >= 4 is 5.78 Å². The highest BCUT2D eigenvalue weighted by molar-refractivity contribution is 5.82. The maximum absolute atomic E-state index is 10.8. The number of hydrogen-bond acceptors (Lipinski definition) is 1. The van der Waals surface area contributed by atoms with E-state index in [-0.39, 0.29) is 0 Å². The van der Waals surface area contributed by atoms with Crippen molar-refractivity contribution in [1.82, 2.24) is 0 Å². The highest BCUT2D eigenvalue weighted by atomic mass is 16.1.